The number of nitrogens with zero attached hydrogens (tertiary/aromatic N) is 3. The fourth-order valence-corrected chi connectivity index (χ4v) is 1.78. The summed E-state index contributed by atoms with van der Waals surface area (Å²) in [6.45, 7) is 0. The number of hydrogen-bond acceptors (Lipinski definition) is 4. The molecule has 1 saturated carbocycles. The molecule has 0 unspecified atom stereocenters. The predicted octanol–water partition coefficient (Wildman–Crippen LogP) is 1.81. The molecule has 1 aliphatic carbocycles. The molecular formula is C8H8N4S. The molecule has 0 aliphatic heterocycles. The van der Waals surface area contributed by atoms with E-state index in [4.69, 9.17) is 0 Å². The van der Waals surface area contributed by atoms with Gasteiger partial charge in [-0.2, -0.15) is 5.10 Å². The van der Waals surface area contributed by atoms with Crippen molar-refractivity contribution in [2.45, 2.75) is 18.8 Å². The number of hydrogen-bond donors (Lipinski definition) is 1. The largest absolute Gasteiger partial charge is 0.262 e. The molecule has 0 amide bonds. The van der Waals surface area contributed by atoms with E-state index < -0.39 is 0 Å². The highest BCUT2D eigenvalue weighted by molar-refractivity contribution is 7.07. The maximum Gasteiger partial charge on any atom is 0.200 e. The minimum Gasteiger partial charge on any atom is -0.262 e. The number of aromatic nitrogens is 4. The second-order valence-electron chi connectivity index (χ2n) is 3.19. The molecule has 1 N–H and O–H groups in total. The van der Waals surface area contributed by atoms with Crippen molar-refractivity contribution in [1.29, 1.82) is 0 Å². The van der Waals surface area contributed by atoms with Crippen LogP contribution >= 0.6 is 11.3 Å². The molecule has 0 bridgehead atoms. The summed E-state index contributed by atoms with van der Waals surface area (Å²) < 4.78 is 0. The van der Waals surface area contributed by atoms with Crippen LogP contribution in [0, 0.1) is 0 Å². The van der Waals surface area contributed by atoms with Crippen LogP contribution in [-0.2, 0) is 0 Å². The van der Waals surface area contributed by atoms with Gasteiger partial charge in [-0.05, 0) is 12.8 Å². The topological polar surface area (TPSA) is 54.5 Å². The third-order valence-electron chi connectivity index (χ3n) is 2.13. The van der Waals surface area contributed by atoms with Crippen LogP contribution in [0.1, 0.15) is 24.6 Å². The Balaban J connectivity index is 1.97. The Kier molecular flexibility index (Phi) is 1.46. The highest BCUT2D eigenvalue weighted by atomic mass is 32.1. The second kappa shape index (κ2) is 2.63. The van der Waals surface area contributed by atoms with Gasteiger partial charge in [-0.15, -0.1) is 11.3 Å². The summed E-state index contributed by atoms with van der Waals surface area (Å²) in [7, 11) is 0. The van der Waals surface area contributed by atoms with E-state index in [0.29, 0.717) is 5.92 Å². The molecule has 66 valence electrons. The minimum absolute atomic E-state index is 0.625. The first-order valence-electron chi connectivity index (χ1n) is 4.24. The van der Waals surface area contributed by atoms with Gasteiger partial charge in [0.25, 0.3) is 0 Å². The van der Waals surface area contributed by atoms with Gasteiger partial charge in [0, 0.05) is 11.3 Å². The molecular weight excluding hydrogens is 184 g/mol. The zero-order valence-electron chi connectivity index (χ0n) is 6.90. The monoisotopic (exact) mass is 192 g/mol. The smallest absolute Gasteiger partial charge is 0.200 e. The van der Waals surface area contributed by atoms with Crippen LogP contribution in [0.15, 0.2) is 10.9 Å². The van der Waals surface area contributed by atoms with Crippen molar-refractivity contribution in [1.82, 2.24) is 20.2 Å². The van der Waals surface area contributed by atoms with Crippen LogP contribution in [0.3, 0.4) is 0 Å². The van der Waals surface area contributed by atoms with Crippen LogP contribution in [0.5, 0.6) is 0 Å². The highest BCUT2D eigenvalue weighted by Crippen LogP contribution is 2.38. The van der Waals surface area contributed by atoms with Crippen LogP contribution in [0.2, 0.25) is 0 Å². The summed E-state index contributed by atoms with van der Waals surface area (Å²) in [5.41, 5.74) is 2.66. The van der Waals surface area contributed by atoms with E-state index >= 15 is 0 Å². The first-order chi connectivity index (χ1) is 6.43. The maximum absolute atomic E-state index is 4.39. The Bertz CT molecular complexity index is 401. The minimum atomic E-state index is 0.625. The lowest BCUT2D eigenvalue weighted by Crippen LogP contribution is -1.81. The molecule has 0 atom stereocenters. The van der Waals surface area contributed by atoms with Crippen molar-refractivity contribution in [2.75, 3.05) is 0 Å². The van der Waals surface area contributed by atoms with E-state index in [0.717, 1.165) is 17.3 Å². The molecule has 13 heavy (non-hydrogen) atoms. The molecule has 4 nitrogen and oxygen atoms in total. The molecule has 5 heteroatoms. The average molecular weight is 192 g/mol. The van der Waals surface area contributed by atoms with Gasteiger partial charge >= 0.3 is 0 Å². The van der Waals surface area contributed by atoms with Gasteiger partial charge in [-0.25, -0.2) is 9.97 Å². The van der Waals surface area contributed by atoms with Gasteiger partial charge in [-0.1, -0.05) is 0 Å². The van der Waals surface area contributed by atoms with Crippen molar-refractivity contribution in [3.8, 4) is 11.5 Å². The highest BCUT2D eigenvalue weighted by Gasteiger charge is 2.27. The Morgan fingerprint density at radius 1 is 1.46 bits per heavy atom. The summed E-state index contributed by atoms with van der Waals surface area (Å²) in [5.74, 6) is 2.37. The summed E-state index contributed by atoms with van der Waals surface area (Å²) >= 11 is 1.56. The van der Waals surface area contributed by atoms with Gasteiger partial charge in [0.05, 0.1) is 5.51 Å². The Hall–Kier alpha value is -1.23. The fraction of sp³-hybridized carbons (Fsp3) is 0.375. The van der Waals surface area contributed by atoms with E-state index in [2.05, 4.69) is 20.2 Å². The second-order valence-corrected chi connectivity index (χ2v) is 3.91. The maximum atomic E-state index is 4.39. The summed E-state index contributed by atoms with van der Waals surface area (Å²) in [5, 5.41) is 9.05. The van der Waals surface area contributed by atoms with Crippen LogP contribution in [0.4, 0.5) is 0 Å². The van der Waals surface area contributed by atoms with Gasteiger partial charge in [0.1, 0.15) is 11.5 Å². The van der Waals surface area contributed by atoms with Crippen LogP contribution in [-0.4, -0.2) is 20.2 Å². The Morgan fingerprint density at radius 3 is 3.08 bits per heavy atom. The van der Waals surface area contributed by atoms with E-state index in [1.807, 2.05) is 5.38 Å². The van der Waals surface area contributed by atoms with Crippen molar-refractivity contribution in [2.24, 2.45) is 0 Å². The molecule has 1 aliphatic rings. The quantitative estimate of drug-likeness (QED) is 0.789. The van der Waals surface area contributed by atoms with Crippen molar-refractivity contribution in [3.63, 3.8) is 0 Å². The summed E-state index contributed by atoms with van der Waals surface area (Å²) in [6.07, 6.45) is 2.48. The first-order valence-corrected chi connectivity index (χ1v) is 5.18. The van der Waals surface area contributed by atoms with Gasteiger partial charge in [0.15, 0.2) is 0 Å². The standard InChI is InChI=1S/C8H8N4S/c1-2-5(1)7-10-8(12-11-7)6-3-13-4-9-6/h3-5H,1-2H2,(H,10,11,12). The predicted molar refractivity (Wildman–Crippen MR) is 49.5 cm³/mol. The average Bonchev–Trinajstić information content (AvgIpc) is 2.72. The molecule has 2 heterocycles. The number of rotatable bonds is 2. The van der Waals surface area contributed by atoms with Gasteiger partial charge in [-0.3, -0.25) is 5.10 Å². The third-order valence-corrected chi connectivity index (χ3v) is 2.71. The molecule has 1 fully saturated rings. The number of nitrogens with one attached hydrogen (secondary N) is 1. The summed E-state index contributed by atoms with van der Waals surface area (Å²) in [6, 6.07) is 0. The lowest BCUT2D eigenvalue weighted by atomic mass is 10.4. The van der Waals surface area contributed by atoms with Gasteiger partial charge < -0.3 is 0 Å². The van der Waals surface area contributed by atoms with Gasteiger partial charge in [0.2, 0.25) is 5.82 Å². The Labute approximate surface area is 79.1 Å². The molecule has 0 aromatic carbocycles. The molecule has 2 aromatic heterocycles. The number of H-pyrrole nitrogens is 1. The normalized spacial score (nSPS) is 16.3. The van der Waals surface area contributed by atoms with Crippen molar-refractivity contribution < 1.29 is 0 Å². The van der Waals surface area contributed by atoms with E-state index in [9.17, 15) is 0 Å². The van der Waals surface area contributed by atoms with E-state index in [1.165, 1.54) is 12.8 Å². The lowest BCUT2D eigenvalue weighted by Gasteiger charge is -1.84. The Morgan fingerprint density at radius 2 is 2.38 bits per heavy atom. The van der Waals surface area contributed by atoms with Crippen molar-refractivity contribution in [3.05, 3.63) is 16.7 Å². The lowest BCUT2D eigenvalue weighted by molar-refractivity contribution is 0.935. The molecule has 0 spiro atoms. The summed E-state index contributed by atoms with van der Waals surface area (Å²) in [4.78, 5) is 8.55. The molecule has 2 aromatic rings. The zero-order chi connectivity index (χ0) is 8.67. The van der Waals surface area contributed by atoms with E-state index in [1.54, 1.807) is 16.8 Å². The number of thiazole rings is 1. The van der Waals surface area contributed by atoms with Crippen LogP contribution < -0.4 is 0 Å². The fourth-order valence-electron chi connectivity index (χ4n) is 1.25. The van der Waals surface area contributed by atoms with Crippen molar-refractivity contribution >= 4 is 11.3 Å². The zero-order valence-corrected chi connectivity index (χ0v) is 7.71. The first kappa shape index (κ1) is 7.20. The van der Waals surface area contributed by atoms with Crippen LogP contribution in [0.25, 0.3) is 11.5 Å². The van der Waals surface area contributed by atoms with E-state index in [-0.39, 0.29) is 0 Å². The molecule has 0 radical (unpaired) electrons. The SMILES string of the molecule is c1nc(-c2n[nH]c(C3CC3)n2)cs1. The molecule has 0 saturated heterocycles. The molecule has 3 rings (SSSR count). The number of aromatic amines is 1. The third kappa shape index (κ3) is 1.25.